The van der Waals surface area contributed by atoms with Gasteiger partial charge in [-0.1, -0.05) is 11.6 Å². The molecule has 6 heteroatoms. The topological polar surface area (TPSA) is 69.6 Å². The van der Waals surface area contributed by atoms with Gasteiger partial charge in [0.05, 0.1) is 5.69 Å². The van der Waals surface area contributed by atoms with Crippen LogP contribution in [0.15, 0.2) is 48.0 Å². The Morgan fingerprint density at radius 1 is 1.13 bits per heavy atom. The molecule has 0 bridgehead atoms. The summed E-state index contributed by atoms with van der Waals surface area (Å²) in [6, 6.07) is 10.1. The van der Waals surface area contributed by atoms with Crippen LogP contribution in [0.1, 0.15) is 11.1 Å². The van der Waals surface area contributed by atoms with Gasteiger partial charge in [0.25, 0.3) is 11.8 Å². The zero-order valence-corrected chi connectivity index (χ0v) is 12.2. The fraction of sp³-hybridized carbons (Fsp3) is 0.0588. The summed E-state index contributed by atoms with van der Waals surface area (Å²) in [7, 11) is 0. The first kappa shape index (κ1) is 14.8. The van der Waals surface area contributed by atoms with Crippen LogP contribution in [0.4, 0.5) is 10.1 Å². The standard InChI is InChI=1S/C17H13FN2O3/c1-10-2-7-15(21)11(8-10)9-14-16(22)19-20(17(14)23)13-5-3-12(18)4-6-13/h2-9,21H,1H3,(H,19,22)/b14-9-. The van der Waals surface area contributed by atoms with E-state index in [1.807, 2.05) is 6.92 Å². The van der Waals surface area contributed by atoms with Crippen LogP contribution >= 0.6 is 0 Å². The van der Waals surface area contributed by atoms with Crippen LogP contribution in [-0.2, 0) is 9.59 Å². The van der Waals surface area contributed by atoms with Gasteiger partial charge in [-0.15, -0.1) is 0 Å². The van der Waals surface area contributed by atoms with Crippen molar-refractivity contribution in [3.63, 3.8) is 0 Å². The van der Waals surface area contributed by atoms with E-state index in [4.69, 9.17) is 0 Å². The normalized spacial score (nSPS) is 16.1. The fourth-order valence-electron chi connectivity index (χ4n) is 2.27. The Hall–Kier alpha value is -3.15. The highest BCUT2D eigenvalue weighted by atomic mass is 19.1. The highest BCUT2D eigenvalue weighted by molar-refractivity contribution is 6.31. The van der Waals surface area contributed by atoms with Crippen LogP contribution in [0.25, 0.3) is 6.08 Å². The molecule has 1 aliphatic heterocycles. The predicted molar refractivity (Wildman–Crippen MR) is 82.8 cm³/mol. The number of phenolic OH excluding ortho intramolecular Hbond substituents is 1. The molecule has 116 valence electrons. The molecule has 0 spiro atoms. The molecule has 5 nitrogen and oxygen atoms in total. The van der Waals surface area contributed by atoms with Crippen LogP contribution in [0.2, 0.25) is 0 Å². The summed E-state index contributed by atoms with van der Waals surface area (Å²) in [6.07, 6.45) is 1.34. The van der Waals surface area contributed by atoms with Crippen molar-refractivity contribution in [1.82, 2.24) is 5.43 Å². The number of hydrogen-bond acceptors (Lipinski definition) is 3. The molecular formula is C17H13FN2O3. The maximum absolute atomic E-state index is 13.0. The lowest BCUT2D eigenvalue weighted by Gasteiger charge is -2.14. The average molecular weight is 312 g/mol. The van der Waals surface area contributed by atoms with Gasteiger partial charge < -0.3 is 5.11 Å². The maximum Gasteiger partial charge on any atom is 0.282 e. The molecule has 0 radical (unpaired) electrons. The van der Waals surface area contributed by atoms with Crippen molar-refractivity contribution in [3.8, 4) is 5.75 Å². The first-order valence-corrected chi connectivity index (χ1v) is 6.88. The number of halogens is 1. The Labute approximate surface area is 131 Å². The number of aromatic hydroxyl groups is 1. The second kappa shape index (κ2) is 5.57. The summed E-state index contributed by atoms with van der Waals surface area (Å²) in [5.74, 6) is -1.61. The average Bonchev–Trinajstić information content (AvgIpc) is 2.80. The summed E-state index contributed by atoms with van der Waals surface area (Å²) < 4.78 is 13.0. The van der Waals surface area contributed by atoms with Crippen LogP contribution < -0.4 is 10.4 Å². The first-order valence-electron chi connectivity index (χ1n) is 6.88. The number of carbonyl (C=O) groups is 2. The third-order valence-corrected chi connectivity index (χ3v) is 3.46. The summed E-state index contributed by atoms with van der Waals surface area (Å²) in [5.41, 5.74) is 3.93. The van der Waals surface area contributed by atoms with Crippen LogP contribution in [-0.4, -0.2) is 16.9 Å². The molecule has 0 atom stereocenters. The number of carbonyl (C=O) groups excluding carboxylic acids is 2. The van der Waals surface area contributed by atoms with Gasteiger partial charge in [-0.05, 0) is 49.4 Å². The van der Waals surface area contributed by atoms with Crippen molar-refractivity contribution in [1.29, 1.82) is 0 Å². The smallest absolute Gasteiger partial charge is 0.282 e. The van der Waals surface area contributed by atoms with Crippen LogP contribution in [0, 0.1) is 12.7 Å². The van der Waals surface area contributed by atoms with Gasteiger partial charge in [-0.2, -0.15) is 0 Å². The number of phenols is 1. The number of anilines is 1. The molecule has 2 amide bonds. The van der Waals surface area contributed by atoms with Gasteiger partial charge >= 0.3 is 0 Å². The summed E-state index contributed by atoms with van der Waals surface area (Å²) in [5, 5.41) is 10.9. The minimum atomic E-state index is -0.583. The third-order valence-electron chi connectivity index (χ3n) is 3.46. The quantitative estimate of drug-likeness (QED) is 0.660. The van der Waals surface area contributed by atoms with Gasteiger partial charge in [0.1, 0.15) is 17.1 Å². The molecule has 0 aliphatic carbocycles. The van der Waals surface area contributed by atoms with Gasteiger partial charge in [0.15, 0.2) is 0 Å². The van der Waals surface area contributed by atoms with E-state index < -0.39 is 17.6 Å². The molecule has 2 aromatic rings. The fourth-order valence-corrected chi connectivity index (χ4v) is 2.27. The Kier molecular flexibility index (Phi) is 3.57. The van der Waals surface area contributed by atoms with Gasteiger partial charge in [-0.3, -0.25) is 15.0 Å². The lowest BCUT2D eigenvalue weighted by atomic mass is 10.1. The molecule has 0 aromatic heterocycles. The Bertz CT molecular complexity index is 828. The van der Waals surface area contributed by atoms with Crippen molar-refractivity contribution in [2.45, 2.75) is 6.92 Å². The van der Waals surface area contributed by atoms with E-state index in [0.29, 0.717) is 11.3 Å². The SMILES string of the molecule is Cc1ccc(O)c(/C=C2/C(=O)NN(c3ccc(F)cc3)C2=O)c1. The van der Waals surface area contributed by atoms with E-state index in [1.165, 1.54) is 36.4 Å². The summed E-state index contributed by atoms with van der Waals surface area (Å²) >= 11 is 0. The van der Waals surface area contributed by atoms with Crippen molar-refractivity contribution < 1.29 is 19.1 Å². The molecule has 1 saturated heterocycles. The van der Waals surface area contributed by atoms with Gasteiger partial charge in [0, 0.05) is 5.56 Å². The highest BCUT2D eigenvalue weighted by Gasteiger charge is 2.34. The predicted octanol–water partition coefficient (Wildman–Crippen LogP) is 2.30. The number of aryl methyl sites for hydroxylation is 1. The summed E-state index contributed by atoms with van der Waals surface area (Å²) in [4.78, 5) is 24.4. The first-order chi connectivity index (χ1) is 11.0. The second-order valence-corrected chi connectivity index (χ2v) is 5.18. The maximum atomic E-state index is 13.0. The van der Waals surface area contributed by atoms with Crippen LogP contribution in [0.5, 0.6) is 5.75 Å². The van der Waals surface area contributed by atoms with E-state index in [2.05, 4.69) is 5.43 Å². The highest BCUT2D eigenvalue weighted by Crippen LogP contribution is 2.25. The minimum absolute atomic E-state index is 0.0241. The van der Waals surface area contributed by atoms with Crippen molar-refractivity contribution in [2.24, 2.45) is 0 Å². The third kappa shape index (κ3) is 2.78. The number of amides is 2. The second-order valence-electron chi connectivity index (χ2n) is 5.18. The number of nitrogens with one attached hydrogen (secondary N) is 1. The molecule has 23 heavy (non-hydrogen) atoms. The number of nitrogens with zero attached hydrogens (tertiary/aromatic N) is 1. The largest absolute Gasteiger partial charge is 0.507 e. The summed E-state index contributed by atoms with van der Waals surface area (Å²) in [6.45, 7) is 1.84. The number of hydrazine groups is 1. The zero-order chi connectivity index (χ0) is 16.6. The molecule has 1 heterocycles. The van der Waals surface area contributed by atoms with E-state index in [9.17, 15) is 19.1 Å². The van der Waals surface area contributed by atoms with Gasteiger partial charge in [-0.25, -0.2) is 9.40 Å². The van der Waals surface area contributed by atoms with E-state index in [1.54, 1.807) is 12.1 Å². The molecule has 1 aliphatic rings. The Balaban J connectivity index is 1.97. The minimum Gasteiger partial charge on any atom is -0.507 e. The molecule has 2 aromatic carbocycles. The van der Waals surface area contributed by atoms with Crippen molar-refractivity contribution >= 4 is 23.6 Å². The van der Waals surface area contributed by atoms with E-state index in [-0.39, 0.29) is 11.3 Å². The molecule has 0 unspecified atom stereocenters. The van der Waals surface area contributed by atoms with E-state index >= 15 is 0 Å². The molecule has 1 fully saturated rings. The monoisotopic (exact) mass is 312 g/mol. The van der Waals surface area contributed by atoms with Crippen molar-refractivity contribution in [2.75, 3.05) is 5.01 Å². The van der Waals surface area contributed by atoms with Crippen molar-refractivity contribution in [3.05, 3.63) is 65.0 Å². The number of hydrogen-bond donors (Lipinski definition) is 2. The van der Waals surface area contributed by atoms with Crippen LogP contribution in [0.3, 0.4) is 0 Å². The lowest BCUT2D eigenvalue weighted by Crippen LogP contribution is -2.35. The molecular weight excluding hydrogens is 299 g/mol. The Morgan fingerprint density at radius 3 is 2.52 bits per heavy atom. The Morgan fingerprint density at radius 2 is 1.83 bits per heavy atom. The van der Waals surface area contributed by atoms with Gasteiger partial charge in [0.2, 0.25) is 0 Å². The lowest BCUT2D eigenvalue weighted by molar-refractivity contribution is -0.117. The molecule has 0 saturated carbocycles. The number of benzene rings is 2. The molecule has 2 N–H and O–H groups in total. The molecule has 3 rings (SSSR count). The zero-order valence-electron chi connectivity index (χ0n) is 12.2. The van der Waals surface area contributed by atoms with E-state index in [0.717, 1.165) is 10.6 Å². The number of rotatable bonds is 2.